The van der Waals surface area contributed by atoms with Crippen molar-refractivity contribution < 1.29 is 58.1 Å². The molecule has 0 saturated carbocycles. The molecule has 0 bridgehead atoms. The van der Waals surface area contributed by atoms with Crippen molar-refractivity contribution in [3.63, 3.8) is 0 Å². The minimum Gasteiger partial charge on any atom is -0.456 e. The molecule has 3 rings (SSSR count). The second-order valence-corrected chi connectivity index (χ2v) is 14.4. The summed E-state index contributed by atoms with van der Waals surface area (Å²) in [5, 5.41) is 33.7. The lowest BCUT2D eigenvalue weighted by atomic mass is 9.84. The Morgan fingerprint density at radius 2 is 1.58 bits per heavy atom. The molecule has 0 amide bonds. The fourth-order valence-corrected chi connectivity index (χ4v) is 7.09. The summed E-state index contributed by atoms with van der Waals surface area (Å²) >= 11 is 0. The van der Waals surface area contributed by atoms with E-state index < -0.39 is 66.9 Å². The van der Waals surface area contributed by atoms with Crippen molar-refractivity contribution in [3.05, 3.63) is 36.5 Å². The lowest BCUT2D eigenvalue weighted by Gasteiger charge is -2.43. The van der Waals surface area contributed by atoms with Crippen molar-refractivity contribution in [3.8, 4) is 0 Å². The van der Waals surface area contributed by atoms with Crippen LogP contribution in [0.15, 0.2) is 36.5 Å². The van der Waals surface area contributed by atoms with Gasteiger partial charge in [0, 0.05) is 38.2 Å². The van der Waals surface area contributed by atoms with E-state index in [1.54, 1.807) is 19.9 Å². The minimum absolute atomic E-state index is 0.110. The van der Waals surface area contributed by atoms with Crippen LogP contribution in [0.4, 0.5) is 0 Å². The number of ether oxygens (including phenoxy) is 7. The average molecular weight is 712 g/mol. The Kier molecular flexibility index (Phi) is 16.2. The zero-order chi connectivity index (χ0) is 37.3. The van der Waals surface area contributed by atoms with Crippen LogP contribution in [0.3, 0.4) is 0 Å². The van der Waals surface area contributed by atoms with Gasteiger partial charge in [0.15, 0.2) is 18.4 Å². The molecule has 0 radical (unpaired) electrons. The van der Waals surface area contributed by atoms with Crippen LogP contribution in [-0.4, -0.2) is 140 Å². The van der Waals surface area contributed by atoms with Gasteiger partial charge in [-0.25, -0.2) is 4.79 Å². The molecule has 3 heterocycles. The van der Waals surface area contributed by atoms with E-state index in [0.29, 0.717) is 12.8 Å². The normalized spacial score (nSPS) is 44.4. The number of hydrogen-bond acceptors (Lipinski definition) is 13. The van der Waals surface area contributed by atoms with E-state index in [-0.39, 0.29) is 48.7 Å². The Hall–Kier alpha value is -2.04. The van der Waals surface area contributed by atoms with Crippen LogP contribution in [0.25, 0.3) is 0 Å². The smallest absolute Gasteiger partial charge is 0.330 e. The standard InChI is InChI=1S/C37H61NO12/c1-11-28-37(43,20-46-36-34(45-10)33(44-9)30(41)25(6)48-36)17-13-12-14-27(39)22(3)18-23(4)32(21(2)15-16-29(40)49-28)50-35-31(42)26(38(7)8)19-24(5)47-35/h12-17,21-26,28,30-36,41-43H,11,18-20H2,1-10H3/b14-12+,16-15+,17-13+/t21-,22+,23+,24-,25-,26+,28-,30-,31+,32-,33+,34+,35-,36+,37+/m0/s1. The van der Waals surface area contributed by atoms with E-state index in [1.807, 2.05) is 46.7 Å². The molecular weight excluding hydrogens is 650 g/mol. The number of methoxy groups -OCH3 is 2. The summed E-state index contributed by atoms with van der Waals surface area (Å²) in [5.41, 5.74) is -1.85. The highest BCUT2D eigenvalue weighted by Gasteiger charge is 2.47. The Morgan fingerprint density at radius 3 is 2.20 bits per heavy atom. The van der Waals surface area contributed by atoms with Crippen LogP contribution in [0, 0.1) is 17.8 Å². The van der Waals surface area contributed by atoms with Gasteiger partial charge < -0.3 is 53.4 Å². The molecule has 0 aromatic rings. The van der Waals surface area contributed by atoms with Crippen molar-refractivity contribution in [1.82, 2.24) is 4.90 Å². The number of esters is 1. The second-order valence-electron chi connectivity index (χ2n) is 14.4. The number of ketones is 1. The predicted molar refractivity (Wildman–Crippen MR) is 185 cm³/mol. The van der Waals surface area contributed by atoms with Crippen LogP contribution in [0.1, 0.15) is 60.8 Å². The zero-order valence-electron chi connectivity index (χ0n) is 31.3. The number of aliphatic hydroxyl groups excluding tert-OH is 2. The zero-order valence-corrected chi connectivity index (χ0v) is 31.3. The highest BCUT2D eigenvalue weighted by Crippen LogP contribution is 2.32. The molecule has 0 aromatic carbocycles. The number of cyclic esters (lactones) is 1. The first kappa shape index (κ1) is 42.4. The quantitative estimate of drug-likeness (QED) is 0.300. The third-order valence-electron chi connectivity index (χ3n) is 10.1. The molecule has 0 spiro atoms. The Morgan fingerprint density at radius 1 is 0.900 bits per heavy atom. The molecule has 3 aliphatic heterocycles. The average Bonchev–Trinajstić information content (AvgIpc) is 3.07. The first-order chi connectivity index (χ1) is 23.6. The second kappa shape index (κ2) is 19.2. The molecule has 3 N–H and O–H groups in total. The van der Waals surface area contributed by atoms with Gasteiger partial charge in [0.2, 0.25) is 0 Å². The molecule has 13 heteroatoms. The SMILES string of the molecule is CC[C@@H]1OC(=O)/C=C/[C@H](C)[C@H](O[C@@H]2O[C@@H](C)C[C@@H](N(C)C)[C@H]2O)[C@H](C)C[C@@H](C)C(=O)/C=C/C=C/[C@@]1(O)CO[C@@H]1O[C@@H](C)[C@H](O)[C@@H](OC)[C@H]1OC. The van der Waals surface area contributed by atoms with Gasteiger partial charge >= 0.3 is 5.97 Å². The van der Waals surface area contributed by atoms with Gasteiger partial charge in [0.1, 0.15) is 36.1 Å². The third-order valence-corrected chi connectivity index (χ3v) is 10.1. The van der Waals surface area contributed by atoms with E-state index >= 15 is 0 Å². The fourth-order valence-electron chi connectivity index (χ4n) is 7.09. The summed E-state index contributed by atoms with van der Waals surface area (Å²) in [7, 11) is 6.70. The molecule has 286 valence electrons. The van der Waals surface area contributed by atoms with Gasteiger partial charge in [-0.15, -0.1) is 0 Å². The van der Waals surface area contributed by atoms with Crippen LogP contribution in [0.2, 0.25) is 0 Å². The first-order valence-corrected chi connectivity index (χ1v) is 17.7. The summed E-state index contributed by atoms with van der Waals surface area (Å²) in [6, 6.07) is -0.167. The summed E-state index contributed by atoms with van der Waals surface area (Å²) in [6.45, 7) is 10.7. The Labute approximate surface area is 297 Å². The lowest BCUT2D eigenvalue weighted by Crippen LogP contribution is -2.59. The third kappa shape index (κ3) is 10.8. The van der Waals surface area contributed by atoms with Gasteiger partial charge in [-0.1, -0.05) is 45.9 Å². The van der Waals surface area contributed by atoms with Crippen molar-refractivity contribution in [2.24, 2.45) is 17.8 Å². The topological polar surface area (TPSA) is 163 Å². The van der Waals surface area contributed by atoms with E-state index in [9.17, 15) is 24.9 Å². The van der Waals surface area contributed by atoms with E-state index in [0.717, 1.165) is 0 Å². The van der Waals surface area contributed by atoms with Crippen LogP contribution >= 0.6 is 0 Å². The predicted octanol–water partition coefficient (Wildman–Crippen LogP) is 2.55. The Balaban J connectivity index is 1.90. The number of likely N-dealkylation sites (N-methyl/N-ethyl adjacent to an activating group) is 1. The van der Waals surface area contributed by atoms with E-state index in [4.69, 9.17) is 33.2 Å². The number of hydrogen-bond donors (Lipinski definition) is 3. The van der Waals surface area contributed by atoms with Crippen LogP contribution in [-0.2, 0) is 42.7 Å². The van der Waals surface area contributed by atoms with Crippen molar-refractivity contribution in [2.45, 2.75) is 134 Å². The summed E-state index contributed by atoms with van der Waals surface area (Å²) in [5.74, 6) is -1.66. The molecular formula is C37H61NO12. The molecule has 50 heavy (non-hydrogen) atoms. The maximum Gasteiger partial charge on any atom is 0.330 e. The van der Waals surface area contributed by atoms with Crippen LogP contribution < -0.4 is 0 Å². The first-order valence-electron chi connectivity index (χ1n) is 17.7. The number of aliphatic hydroxyl groups is 3. The van der Waals surface area contributed by atoms with Gasteiger partial charge in [-0.05, 0) is 65.3 Å². The number of nitrogens with zero attached hydrogens (tertiary/aromatic N) is 1. The van der Waals surface area contributed by atoms with E-state index in [1.165, 1.54) is 44.6 Å². The van der Waals surface area contributed by atoms with Gasteiger partial charge in [0.25, 0.3) is 0 Å². The Bertz CT molecular complexity index is 1180. The highest BCUT2D eigenvalue weighted by atomic mass is 16.7. The van der Waals surface area contributed by atoms with Crippen LogP contribution in [0.5, 0.6) is 0 Å². The number of rotatable bonds is 9. The molecule has 2 fully saturated rings. The molecule has 0 unspecified atom stereocenters. The monoisotopic (exact) mass is 711 g/mol. The van der Waals surface area contributed by atoms with E-state index in [2.05, 4.69) is 0 Å². The lowest BCUT2D eigenvalue weighted by molar-refractivity contribution is -0.310. The maximum absolute atomic E-state index is 13.3. The van der Waals surface area contributed by atoms with Gasteiger partial charge in [-0.3, -0.25) is 4.79 Å². The number of carbonyl (C=O) groups excluding carboxylic acids is 2. The fraction of sp³-hybridized carbons (Fsp3) is 0.784. The van der Waals surface area contributed by atoms with Crippen molar-refractivity contribution >= 4 is 11.8 Å². The minimum atomic E-state index is -1.85. The van der Waals surface area contributed by atoms with Gasteiger partial charge in [0.05, 0.1) is 24.9 Å². The highest BCUT2D eigenvalue weighted by molar-refractivity contribution is 5.91. The molecule has 13 nitrogen and oxygen atoms in total. The number of allylic oxidation sites excluding steroid dienone is 3. The summed E-state index contributed by atoms with van der Waals surface area (Å²) < 4.78 is 41.3. The summed E-state index contributed by atoms with van der Waals surface area (Å²) in [6.07, 6.45) is 2.53. The molecule has 0 aromatic heterocycles. The number of carbonyl (C=O) groups is 2. The molecule has 0 aliphatic carbocycles. The summed E-state index contributed by atoms with van der Waals surface area (Å²) in [4.78, 5) is 28.5. The van der Waals surface area contributed by atoms with Gasteiger partial charge in [-0.2, -0.15) is 0 Å². The maximum atomic E-state index is 13.3. The molecule has 3 aliphatic rings. The van der Waals surface area contributed by atoms with Crippen molar-refractivity contribution in [1.29, 1.82) is 0 Å². The largest absolute Gasteiger partial charge is 0.456 e. The molecule has 2 saturated heterocycles. The molecule has 15 atom stereocenters. The van der Waals surface area contributed by atoms with Crippen molar-refractivity contribution in [2.75, 3.05) is 34.9 Å².